The van der Waals surface area contributed by atoms with Crippen LogP contribution in [-0.2, 0) is 6.54 Å². The van der Waals surface area contributed by atoms with E-state index in [0.717, 1.165) is 4.68 Å². The molecule has 0 bridgehead atoms. The predicted molar refractivity (Wildman–Crippen MR) is 118 cm³/mol. The Bertz CT molecular complexity index is 1440. The quantitative estimate of drug-likeness (QED) is 0.443. The van der Waals surface area contributed by atoms with E-state index < -0.39 is 17.6 Å². The molecule has 4 aromatic rings. The van der Waals surface area contributed by atoms with Crippen LogP contribution < -0.4 is 16.4 Å². The van der Waals surface area contributed by atoms with Gasteiger partial charge in [0.2, 0.25) is 0 Å². The van der Waals surface area contributed by atoms with Crippen LogP contribution in [0.2, 0.25) is 5.02 Å². The van der Waals surface area contributed by atoms with Crippen molar-refractivity contribution in [1.82, 2.24) is 25.8 Å². The molecule has 0 aliphatic heterocycles. The van der Waals surface area contributed by atoms with E-state index in [0.29, 0.717) is 10.8 Å². The number of aryl methyl sites for hydroxylation is 2. The summed E-state index contributed by atoms with van der Waals surface area (Å²) in [5, 5.41) is 8.56. The summed E-state index contributed by atoms with van der Waals surface area (Å²) < 4.78 is 20.6. The first-order valence-corrected chi connectivity index (χ1v) is 10.2. The SMILES string of the molecule is CCn1nc(C(=O)NNC(=O)c2c(-c3c(F)cccc3Cl)noc2C)c2ccccc2c1=O. The van der Waals surface area contributed by atoms with Gasteiger partial charge in [0.15, 0.2) is 5.69 Å². The van der Waals surface area contributed by atoms with Crippen LogP contribution in [0.25, 0.3) is 22.0 Å². The molecule has 0 unspecified atom stereocenters. The van der Waals surface area contributed by atoms with Crippen LogP contribution in [0.15, 0.2) is 51.8 Å². The highest BCUT2D eigenvalue weighted by Gasteiger charge is 2.26. The molecule has 0 spiro atoms. The van der Waals surface area contributed by atoms with Gasteiger partial charge in [-0.1, -0.05) is 41.0 Å². The van der Waals surface area contributed by atoms with Crippen molar-refractivity contribution >= 4 is 34.2 Å². The van der Waals surface area contributed by atoms with Crippen molar-refractivity contribution in [2.75, 3.05) is 0 Å². The summed E-state index contributed by atoms with van der Waals surface area (Å²) in [5.41, 5.74) is 3.84. The average molecular weight is 470 g/mol. The van der Waals surface area contributed by atoms with Crippen molar-refractivity contribution < 1.29 is 18.5 Å². The number of amides is 2. The Labute approximate surface area is 191 Å². The zero-order chi connectivity index (χ0) is 23.7. The highest BCUT2D eigenvalue weighted by Crippen LogP contribution is 2.33. The lowest BCUT2D eigenvalue weighted by Gasteiger charge is -2.11. The van der Waals surface area contributed by atoms with E-state index in [2.05, 4.69) is 21.1 Å². The Balaban J connectivity index is 1.64. The number of carbonyl (C=O) groups excluding carboxylic acids is 2. The Morgan fingerprint density at radius 2 is 1.79 bits per heavy atom. The number of hydrazine groups is 1. The van der Waals surface area contributed by atoms with E-state index in [9.17, 15) is 18.8 Å². The van der Waals surface area contributed by atoms with Crippen molar-refractivity contribution in [1.29, 1.82) is 0 Å². The van der Waals surface area contributed by atoms with Crippen LogP contribution in [0.4, 0.5) is 4.39 Å². The molecule has 33 heavy (non-hydrogen) atoms. The van der Waals surface area contributed by atoms with Crippen LogP contribution in [-0.4, -0.2) is 26.8 Å². The van der Waals surface area contributed by atoms with E-state index in [1.807, 2.05) is 0 Å². The van der Waals surface area contributed by atoms with E-state index in [1.165, 1.54) is 25.1 Å². The summed E-state index contributed by atoms with van der Waals surface area (Å²) in [5.74, 6) is -2.14. The fraction of sp³-hybridized carbons (Fsp3) is 0.136. The molecule has 0 aliphatic carbocycles. The molecule has 4 rings (SSSR count). The maximum Gasteiger partial charge on any atom is 0.290 e. The first-order valence-electron chi connectivity index (χ1n) is 9.84. The Hall–Kier alpha value is -4.05. The van der Waals surface area contributed by atoms with Gasteiger partial charge in [0.25, 0.3) is 17.4 Å². The van der Waals surface area contributed by atoms with Crippen LogP contribution in [0.3, 0.4) is 0 Å². The molecule has 0 atom stereocenters. The average Bonchev–Trinajstić information content (AvgIpc) is 3.18. The molecule has 0 radical (unpaired) electrons. The second-order valence-corrected chi connectivity index (χ2v) is 7.39. The van der Waals surface area contributed by atoms with Crippen molar-refractivity contribution in [2.45, 2.75) is 20.4 Å². The van der Waals surface area contributed by atoms with E-state index in [-0.39, 0.29) is 45.4 Å². The third-order valence-electron chi connectivity index (χ3n) is 4.96. The van der Waals surface area contributed by atoms with Gasteiger partial charge in [-0.3, -0.25) is 25.2 Å². The van der Waals surface area contributed by atoms with Gasteiger partial charge in [-0.25, -0.2) is 9.07 Å². The number of hydrogen-bond acceptors (Lipinski definition) is 6. The lowest BCUT2D eigenvalue weighted by molar-refractivity contribution is 0.0843. The first-order chi connectivity index (χ1) is 15.8. The summed E-state index contributed by atoms with van der Waals surface area (Å²) in [4.78, 5) is 38.2. The molecule has 2 amide bonds. The fourth-order valence-corrected chi connectivity index (χ4v) is 3.64. The van der Waals surface area contributed by atoms with Crippen LogP contribution in [0, 0.1) is 12.7 Å². The second kappa shape index (κ2) is 8.83. The molecule has 0 saturated heterocycles. The number of fused-ring (bicyclic) bond motifs is 1. The molecule has 2 aromatic heterocycles. The third-order valence-corrected chi connectivity index (χ3v) is 5.28. The van der Waals surface area contributed by atoms with E-state index in [4.69, 9.17) is 16.1 Å². The van der Waals surface area contributed by atoms with Gasteiger partial charge in [0, 0.05) is 11.9 Å². The van der Waals surface area contributed by atoms with Gasteiger partial charge in [-0.15, -0.1) is 0 Å². The Kier molecular flexibility index (Phi) is 5.93. The van der Waals surface area contributed by atoms with Gasteiger partial charge in [-0.05, 0) is 32.0 Å². The number of hydrogen-bond donors (Lipinski definition) is 2. The Morgan fingerprint density at radius 3 is 2.48 bits per heavy atom. The number of rotatable bonds is 4. The van der Waals surface area contributed by atoms with E-state index >= 15 is 0 Å². The Morgan fingerprint density at radius 1 is 1.09 bits per heavy atom. The van der Waals surface area contributed by atoms with Crippen molar-refractivity contribution in [2.24, 2.45) is 0 Å². The number of carbonyl (C=O) groups is 2. The van der Waals surface area contributed by atoms with Gasteiger partial charge >= 0.3 is 0 Å². The molecule has 2 aromatic carbocycles. The normalized spacial score (nSPS) is 10.9. The van der Waals surface area contributed by atoms with Gasteiger partial charge in [-0.2, -0.15) is 5.10 Å². The molecular formula is C22H17ClFN5O4. The molecule has 2 N–H and O–H groups in total. The molecule has 0 saturated carbocycles. The summed E-state index contributed by atoms with van der Waals surface area (Å²) in [6.07, 6.45) is 0. The monoisotopic (exact) mass is 469 g/mol. The fourth-order valence-electron chi connectivity index (χ4n) is 3.39. The number of nitrogens with one attached hydrogen (secondary N) is 2. The summed E-state index contributed by atoms with van der Waals surface area (Å²) >= 11 is 6.10. The molecule has 9 nitrogen and oxygen atoms in total. The highest BCUT2D eigenvalue weighted by atomic mass is 35.5. The molecule has 2 heterocycles. The topological polar surface area (TPSA) is 119 Å². The summed E-state index contributed by atoms with van der Waals surface area (Å²) in [6.45, 7) is 3.44. The third kappa shape index (κ3) is 3.96. The standard InChI is InChI=1S/C22H17ClFN5O4/c1-3-29-22(32)13-8-5-4-7-12(13)18(27-29)21(31)26-25-20(30)16-11(2)33-28-19(16)17-14(23)9-6-10-15(17)24/h4-10H,3H2,1-2H3,(H,25,30)(H,26,31). The number of benzene rings is 2. The predicted octanol–water partition coefficient (Wildman–Crippen LogP) is 3.25. The summed E-state index contributed by atoms with van der Waals surface area (Å²) in [6, 6.07) is 10.6. The van der Waals surface area contributed by atoms with E-state index in [1.54, 1.807) is 31.2 Å². The lowest BCUT2D eigenvalue weighted by Crippen LogP contribution is -2.43. The smallest absolute Gasteiger partial charge is 0.290 e. The van der Waals surface area contributed by atoms with Gasteiger partial charge in [0.05, 0.1) is 16.0 Å². The largest absolute Gasteiger partial charge is 0.360 e. The maximum atomic E-state index is 14.4. The lowest BCUT2D eigenvalue weighted by atomic mass is 10.1. The first kappa shape index (κ1) is 22.2. The minimum atomic E-state index is -0.801. The molecule has 11 heteroatoms. The number of aromatic nitrogens is 3. The maximum absolute atomic E-state index is 14.4. The van der Waals surface area contributed by atoms with Crippen LogP contribution in [0.1, 0.15) is 33.5 Å². The van der Waals surface area contributed by atoms with Crippen molar-refractivity contribution in [3.05, 3.63) is 80.7 Å². The molecule has 0 aliphatic rings. The molecular weight excluding hydrogens is 453 g/mol. The number of halogens is 2. The highest BCUT2D eigenvalue weighted by molar-refractivity contribution is 6.33. The van der Waals surface area contributed by atoms with Crippen LogP contribution in [0.5, 0.6) is 0 Å². The summed E-state index contributed by atoms with van der Waals surface area (Å²) in [7, 11) is 0. The zero-order valence-corrected chi connectivity index (χ0v) is 18.2. The molecule has 168 valence electrons. The minimum Gasteiger partial charge on any atom is -0.360 e. The minimum absolute atomic E-state index is 0.0406. The van der Waals surface area contributed by atoms with Crippen LogP contribution >= 0.6 is 11.6 Å². The van der Waals surface area contributed by atoms with Gasteiger partial charge in [0.1, 0.15) is 22.8 Å². The number of nitrogens with zero attached hydrogens (tertiary/aromatic N) is 3. The van der Waals surface area contributed by atoms with Gasteiger partial charge < -0.3 is 4.52 Å². The van der Waals surface area contributed by atoms with Crippen molar-refractivity contribution in [3.63, 3.8) is 0 Å². The second-order valence-electron chi connectivity index (χ2n) is 6.98. The van der Waals surface area contributed by atoms with Crippen molar-refractivity contribution in [3.8, 4) is 11.3 Å². The molecule has 0 fully saturated rings. The zero-order valence-electron chi connectivity index (χ0n) is 17.5.